The summed E-state index contributed by atoms with van der Waals surface area (Å²) in [4.78, 5) is 23.2. The summed E-state index contributed by atoms with van der Waals surface area (Å²) >= 11 is 12.4. The van der Waals surface area contributed by atoms with Crippen LogP contribution in [-0.4, -0.2) is 40.5 Å². The van der Waals surface area contributed by atoms with Gasteiger partial charge in [-0.3, -0.25) is 4.79 Å². The van der Waals surface area contributed by atoms with Crippen LogP contribution >= 0.6 is 23.2 Å². The molecule has 9 nitrogen and oxygen atoms in total. The third kappa shape index (κ3) is 3.32. The molecule has 4 aromatic heterocycles. The highest BCUT2D eigenvalue weighted by atomic mass is 35.5. The van der Waals surface area contributed by atoms with Crippen molar-refractivity contribution in [3.63, 3.8) is 0 Å². The van der Waals surface area contributed by atoms with Gasteiger partial charge in [0.2, 0.25) is 5.91 Å². The Kier molecular flexibility index (Phi) is 5.10. The van der Waals surface area contributed by atoms with E-state index in [1.54, 1.807) is 29.0 Å². The zero-order chi connectivity index (χ0) is 22.5. The minimum atomic E-state index is -0.325. The molecule has 0 radical (unpaired) electrons. The summed E-state index contributed by atoms with van der Waals surface area (Å²) in [6.45, 7) is 4.00. The maximum absolute atomic E-state index is 13.2. The largest absolute Gasteiger partial charge is 0.324 e. The van der Waals surface area contributed by atoms with Gasteiger partial charge in [0.05, 0.1) is 40.9 Å². The first kappa shape index (κ1) is 20.8. The highest BCUT2D eigenvalue weighted by Gasteiger charge is 2.56. The molecule has 1 saturated carbocycles. The predicted octanol–water partition coefficient (Wildman–Crippen LogP) is 4.20. The lowest BCUT2D eigenvalue weighted by Crippen LogP contribution is -2.20. The molecule has 1 atom stereocenters. The molecule has 2 aliphatic rings. The summed E-state index contributed by atoms with van der Waals surface area (Å²) in [7, 11) is 0. The number of amides is 1. The summed E-state index contributed by atoms with van der Waals surface area (Å²) in [5.74, 6) is -0.0548. The molecule has 1 unspecified atom stereocenters. The quantitative estimate of drug-likeness (QED) is 0.481. The summed E-state index contributed by atoms with van der Waals surface area (Å²) < 4.78 is 1.79. The van der Waals surface area contributed by atoms with Gasteiger partial charge in [-0.1, -0.05) is 37.0 Å². The van der Waals surface area contributed by atoms with Crippen molar-refractivity contribution in [2.45, 2.75) is 44.4 Å². The Labute approximate surface area is 193 Å². The number of halogens is 2. The van der Waals surface area contributed by atoms with E-state index in [9.17, 15) is 4.79 Å². The zero-order valence-corrected chi connectivity index (χ0v) is 19.0. The highest BCUT2D eigenvalue weighted by molar-refractivity contribution is 6.32. The van der Waals surface area contributed by atoms with Gasteiger partial charge < -0.3 is 5.32 Å². The number of fused-ring (bicyclic) bond motifs is 4. The average Bonchev–Trinajstić information content (AvgIpc) is 3.11. The molecule has 1 spiro atoms. The van der Waals surface area contributed by atoms with Crippen molar-refractivity contribution in [1.29, 1.82) is 0 Å². The minimum absolute atomic E-state index is 0.0284. The van der Waals surface area contributed by atoms with Crippen LogP contribution < -0.4 is 5.32 Å². The van der Waals surface area contributed by atoms with Crippen LogP contribution in [0.1, 0.15) is 50.3 Å². The topological polar surface area (TPSA) is 103 Å². The van der Waals surface area contributed by atoms with Gasteiger partial charge >= 0.3 is 0 Å². The lowest BCUT2D eigenvalue weighted by atomic mass is 9.99. The number of pyridine rings is 1. The lowest BCUT2D eigenvalue weighted by molar-refractivity contribution is -0.117. The van der Waals surface area contributed by atoms with Crippen molar-refractivity contribution in [3.8, 4) is 5.82 Å². The van der Waals surface area contributed by atoms with Crippen LogP contribution in [0.25, 0.3) is 11.5 Å². The fraction of sp³-hybridized carbons (Fsp3) is 0.333. The van der Waals surface area contributed by atoms with Crippen LogP contribution in [0.15, 0.2) is 36.9 Å². The average molecular weight is 471 g/mol. The van der Waals surface area contributed by atoms with Crippen LogP contribution in [0.2, 0.25) is 10.2 Å². The molecule has 1 N–H and O–H groups in total. The fourth-order valence-corrected chi connectivity index (χ4v) is 4.74. The van der Waals surface area contributed by atoms with E-state index in [0.29, 0.717) is 27.3 Å². The number of nitrogens with one attached hydrogen (secondary N) is 1. The number of aromatic nitrogens is 7. The van der Waals surface area contributed by atoms with Gasteiger partial charge in [0, 0.05) is 23.2 Å². The number of hydrogen-bond acceptors (Lipinski definition) is 6. The van der Waals surface area contributed by atoms with Crippen LogP contribution in [0.3, 0.4) is 0 Å². The fourth-order valence-electron chi connectivity index (χ4n) is 4.33. The van der Waals surface area contributed by atoms with Gasteiger partial charge in [-0.2, -0.15) is 15.3 Å². The Bertz CT molecular complexity index is 1310. The van der Waals surface area contributed by atoms with Gasteiger partial charge in [0.25, 0.3) is 0 Å². The molecule has 0 bridgehead atoms. The number of carbonyl (C=O) groups is 1. The Hall–Kier alpha value is -3.04. The molecule has 6 rings (SSSR count). The standard InChI is InChI=1S/C19H14Cl2N8O.C2H6/c20-13-5-10(8-23-17(13)29-24-3-4-25-29)26-18(30)11-7-19(1-2-19)16-12(11)9-22-15-6-14(21)27-28(15)16;1-2/h3-6,8-9,11H,1-2,7H2,(H,26,30);1-2H3. The summed E-state index contributed by atoms with van der Waals surface area (Å²) in [5.41, 5.74) is 3.13. The van der Waals surface area contributed by atoms with Crippen molar-refractivity contribution < 1.29 is 4.79 Å². The number of hydrogen-bond donors (Lipinski definition) is 1. The van der Waals surface area contributed by atoms with E-state index in [0.717, 1.165) is 30.5 Å². The summed E-state index contributed by atoms with van der Waals surface area (Å²) in [6, 6.07) is 3.37. The SMILES string of the molecule is CC.O=C(Nc1cnc(-n2nccn2)c(Cl)c1)C1CC2(CC2)c2c1cnc1cc(Cl)nn21. The van der Waals surface area contributed by atoms with Crippen LogP contribution in [0.5, 0.6) is 0 Å². The first-order valence-electron chi connectivity index (χ1n) is 10.4. The first-order chi connectivity index (χ1) is 15.5. The van der Waals surface area contributed by atoms with Crippen molar-refractivity contribution >= 4 is 40.4 Å². The molecule has 0 aromatic carbocycles. The van der Waals surface area contributed by atoms with Gasteiger partial charge in [-0.15, -0.1) is 4.80 Å². The molecule has 11 heteroatoms. The highest BCUT2D eigenvalue weighted by Crippen LogP contribution is 2.60. The minimum Gasteiger partial charge on any atom is -0.324 e. The zero-order valence-electron chi connectivity index (χ0n) is 17.5. The molecule has 4 aromatic rings. The van der Waals surface area contributed by atoms with Crippen LogP contribution in [-0.2, 0) is 10.2 Å². The van der Waals surface area contributed by atoms with Gasteiger partial charge in [-0.05, 0) is 25.3 Å². The number of rotatable bonds is 3. The second kappa shape index (κ2) is 7.83. The summed E-state index contributed by atoms with van der Waals surface area (Å²) in [6.07, 6.45) is 9.17. The lowest BCUT2D eigenvalue weighted by Gasteiger charge is -2.13. The molecule has 0 saturated heterocycles. The molecular weight excluding hydrogens is 451 g/mol. The first-order valence-corrected chi connectivity index (χ1v) is 11.2. The third-order valence-electron chi connectivity index (χ3n) is 5.82. The normalized spacial score (nSPS) is 17.7. The molecule has 32 heavy (non-hydrogen) atoms. The van der Waals surface area contributed by atoms with Gasteiger partial charge in [0.1, 0.15) is 0 Å². The van der Waals surface area contributed by atoms with E-state index in [4.69, 9.17) is 23.2 Å². The van der Waals surface area contributed by atoms with E-state index in [1.165, 1.54) is 17.2 Å². The van der Waals surface area contributed by atoms with E-state index < -0.39 is 0 Å². The Morgan fingerprint density at radius 3 is 2.56 bits per heavy atom. The van der Waals surface area contributed by atoms with Crippen LogP contribution in [0.4, 0.5) is 5.69 Å². The molecule has 164 valence electrons. The Balaban J connectivity index is 0.00000105. The second-order valence-electron chi connectivity index (χ2n) is 7.67. The third-order valence-corrected chi connectivity index (χ3v) is 6.28. The maximum Gasteiger partial charge on any atom is 0.232 e. The predicted molar refractivity (Wildman–Crippen MR) is 120 cm³/mol. The van der Waals surface area contributed by atoms with E-state index in [-0.39, 0.29) is 17.2 Å². The smallest absolute Gasteiger partial charge is 0.232 e. The molecule has 1 fully saturated rings. The van der Waals surface area contributed by atoms with Crippen molar-refractivity contribution in [3.05, 3.63) is 58.4 Å². The molecule has 1 amide bonds. The number of anilines is 1. The number of nitrogens with zero attached hydrogens (tertiary/aromatic N) is 7. The van der Waals surface area contributed by atoms with E-state index >= 15 is 0 Å². The van der Waals surface area contributed by atoms with Crippen molar-refractivity contribution in [2.24, 2.45) is 0 Å². The Morgan fingerprint density at radius 2 is 1.88 bits per heavy atom. The monoisotopic (exact) mass is 470 g/mol. The van der Waals surface area contributed by atoms with E-state index in [1.807, 2.05) is 13.8 Å². The summed E-state index contributed by atoms with van der Waals surface area (Å²) in [5, 5.41) is 16.1. The van der Waals surface area contributed by atoms with Gasteiger partial charge in [0.15, 0.2) is 16.6 Å². The van der Waals surface area contributed by atoms with E-state index in [2.05, 4.69) is 30.6 Å². The number of carbonyl (C=O) groups excluding carboxylic acids is 1. The molecular formula is C21H20Cl2N8O. The van der Waals surface area contributed by atoms with Gasteiger partial charge in [-0.25, -0.2) is 14.5 Å². The second-order valence-corrected chi connectivity index (χ2v) is 8.47. The van der Waals surface area contributed by atoms with Crippen LogP contribution in [0, 0.1) is 0 Å². The van der Waals surface area contributed by atoms with Crippen molar-refractivity contribution in [1.82, 2.24) is 34.6 Å². The molecule has 2 aliphatic carbocycles. The van der Waals surface area contributed by atoms with Crippen molar-refractivity contribution in [2.75, 3.05) is 5.32 Å². The molecule has 0 aliphatic heterocycles. The molecule has 4 heterocycles. The Morgan fingerprint density at radius 1 is 1.12 bits per heavy atom. The maximum atomic E-state index is 13.2.